The molecule has 2 aromatic heterocycles. The third-order valence-corrected chi connectivity index (χ3v) is 4.29. The zero-order valence-corrected chi connectivity index (χ0v) is 14.4. The highest BCUT2D eigenvalue weighted by atomic mass is 14.9. The third kappa shape index (κ3) is 5.80. The van der Waals surface area contributed by atoms with E-state index in [2.05, 4.69) is 76.3 Å². The molecule has 0 aliphatic heterocycles. The molecule has 25 heavy (non-hydrogen) atoms. The van der Waals surface area contributed by atoms with E-state index in [0.717, 1.165) is 25.8 Å². The predicted molar refractivity (Wildman–Crippen MR) is 102 cm³/mol. The Bertz CT molecular complexity index is 714. The fourth-order valence-electron chi connectivity index (χ4n) is 2.87. The van der Waals surface area contributed by atoms with Gasteiger partial charge in [-0.25, -0.2) is 0 Å². The molecular weight excluding hydrogens is 306 g/mol. The number of hydrogen-bond acceptors (Lipinski definition) is 3. The minimum absolute atomic E-state index is 0.306. The number of benzene rings is 1. The molecule has 0 aliphatic rings. The number of aryl methyl sites for hydroxylation is 1. The van der Waals surface area contributed by atoms with Crippen molar-refractivity contribution in [1.82, 2.24) is 15.3 Å². The largest absolute Gasteiger partial charge is 0.306 e. The Hall–Kier alpha value is -2.52. The van der Waals surface area contributed by atoms with Gasteiger partial charge in [0.15, 0.2) is 0 Å². The summed E-state index contributed by atoms with van der Waals surface area (Å²) in [4.78, 5) is 8.21. The lowest BCUT2D eigenvalue weighted by atomic mass is 9.99. The van der Waals surface area contributed by atoms with Gasteiger partial charge < -0.3 is 5.32 Å². The van der Waals surface area contributed by atoms with Crippen LogP contribution < -0.4 is 5.32 Å². The van der Waals surface area contributed by atoms with Crippen molar-refractivity contribution in [3.8, 4) is 0 Å². The summed E-state index contributed by atoms with van der Waals surface area (Å²) in [5.74, 6) is 0. The first-order valence-corrected chi connectivity index (χ1v) is 8.79. The molecule has 2 heterocycles. The molecule has 1 radical (unpaired) electrons. The van der Waals surface area contributed by atoms with Gasteiger partial charge in [-0.05, 0) is 66.6 Å². The lowest BCUT2D eigenvalue weighted by Gasteiger charge is -2.19. The highest BCUT2D eigenvalue weighted by Gasteiger charge is 2.11. The zero-order valence-electron chi connectivity index (χ0n) is 14.4. The summed E-state index contributed by atoms with van der Waals surface area (Å²) in [5.41, 5.74) is 3.92. The Morgan fingerprint density at radius 1 is 0.800 bits per heavy atom. The maximum atomic E-state index is 4.14. The summed E-state index contributed by atoms with van der Waals surface area (Å²) < 4.78 is 0. The maximum Gasteiger partial charge on any atom is 0.0327 e. The lowest BCUT2D eigenvalue weighted by molar-refractivity contribution is 0.518. The summed E-state index contributed by atoms with van der Waals surface area (Å²) in [5, 5.41) is 3.68. The van der Waals surface area contributed by atoms with Crippen LogP contribution in [0.4, 0.5) is 0 Å². The van der Waals surface area contributed by atoms with Gasteiger partial charge in [0.25, 0.3) is 0 Å². The number of nitrogens with one attached hydrogen (secondary N) is 1. The molecule has 1 atom stereocenters. The average Bonchev–Trinajstić information content (AvgIpc) is 2.70. The van der Waals surface area contributed by atoms with Gasteiger partial charge in [0.05, 0.1) is 0 Å². The molecular formula is C22H24N3. The van der Waals surface area contributed by atoms with Crippen molar-refractivity contribution in [1.29, 1.82) is 0 Å². The number of nitrogens with zero attached hydrogens (tertiary/aromatic N) is 2. The first-order chi connectivity index (χ1) is 12.4. The summed E-state index contributed by atoms with van der Waals surface area (Å²) in [6.07, 6.45) is 13.0. The van der Waals surface area contributed by atoms with Gasteiger partial charge in [-0.2, -0.15) is 0 Å². The van der Waals surface area contributed by atoms with Gasteiger partial charge in [0.2, 0.25) is 0 Å². The van der Waals surface area contributed by atoms with Crippen LogP contribution in [-0.4, -0.2) is 9.97 Å². The van der Waals surface area contributed by atoms with Crippen LogP contribution in [0.3, 0.4) is 0 Å². The topological polar surface area (TPSA) is 37.8 Å². The van der Waals surface area contributed by atoms with Crippen molar-refractivity contribution >= 4 is 0 Å². The Morgan fingerprint density at radius 3 is 2.20 bits per heavy atom. The van der Waals surface area contributed by atoms with Crippen molar-refractivity contribution in [3.05, 3.63) is 102 Å². The number of pyridine rings is 2. The van der Waals surface area contributed by atoms with Crippen molar-refractivity contribution in [3.63, 3.8) is 0 Å². The van der Waals surface area contributed by atoms with E-state index in [1.807, 2.05) is 24.8 Å². The molecule has 0 saturated heterocycles. The van der Waals surface area contributed by atoms with Crippen LogP contribution in [0.2, 0.25) is 0 Å². The van der Waals surface area contributed by atoms with E-state index < -0.39 is 0 Å². The van der Waals surface area contributed by atoms with Crippen LogP contribution in [0.25, 0.3) is 0 Å². The molecule has 1 N–H and O–H groups in total. The maximum absolute atomic E-state index is 4.14. The third-order valence-electron chi connectivity index (χ3n) is 4.29. The Morgan fingerprint density at radius 2 is 1.48 bits per heavy atom. The molecule has 1 aromatic carbocycles. The minimum Gasteiger partial charge on any atom is -0.306 e. The first kappa shape index (κ1) is 17.3. The SMILES string of the molecule is [CH](CCc1ccncc1)CC(NCc1ccccc1)c1ccncc1. The van der Waals surface area contributed by atoms with Crippen LogP contribution in [0, 0.1) is 6.42 Å². The molecule has 0 saturated carbocycles. The summed E-state index contributed by atoms with van der Waals surface area (Å²) in [6, 6.07) is 19.2. The van der Waals surface area contributed by atoms with Crippen LogP contribution in [0.15, 0.2) is 79.4 Å². The zero-order chi connectivity index (χ0) is 17.2. The van der Waals surface area contributed by atoms with E-state index in [1.54, 1.807) is 0 Å². The molecule has 3 nitrogen and oxygen atoms in total. The minimum atomic E-state index is 0.306. The fourth-order valence-corrected chi connectivity index (χ4v) is 2.87. The van der Waals surface area contributed by atoms with E-state index in [9.17, 15) is 0 Å². The number of unbranched alkanes of at least 4 members (excludes halogenated alkanes) is 1. The van der Waals surface area contributed by atoms with E-state index in [4.69, 9.17) is 0 Å². The average molecular weight is 330 g/mol. The predicted octanol–water partition coefficient (Wildman–Crippen LogP) is 4.53. The van der Waals surface area contributed by atoms with E-state index >= 15 is 0 Å². The van der Waals surface area contributed by atoms with Gasteiger partial charge in [-0.15, -0.1) is 0 Å². The van der Waals surface area contributed by atoms with Gasteiger partial charge in [0, 0.05) is 37.4 Å². The second-order valence-electron chi connectivity index (χ2n) is 6.12. The standard InChI is InChI=1S/C22H24N3/c1-2-7-20(8-3-1)18-25-22(21-12-16-24-17-13-21)9-5-4-6-19-10-14-23-15-11-19/h1-3,5,7-8,10-17,22,25H,4,6,9,18H2. The Labute approximate surface area is 150 Å². The van der Waals surface area contributed by atoms with Crippen molar-refractivity contribution in [2.75, 3.05) is 0 Å². The highest BCUT2D eigenvalue weighted by molar-refractivity contribution is 5.18. The number of rotatable bonds is 9. The second-order valence-corrected chi connectivity index (χ2v) is 6.12. The normalized spacial score (nSPS) is 12.0. The molecule has 0 amide bonds. The van der Waals surface area contributed by atoms with Gasteiger partial charge in [-0.3, -0.25) is 9.97 Å². The summed E-state index contributed by atoms with van der Waals surface area (Å²) in [6.45, 7) is 0.867. The molecule has 1 unspecified atom stereocenters. The summed E-state index contributed by atoms with van der Waals surface area (Å²) in [7, 11) is 0. The first-order valence-electron chi connectivity index (χ1n) is 8.79. The number of aromatic nitrogens is 2. The highest BCUT2D eigenvalue weighted by Crippen LogP contribution is 2.20. The van der Waals surface area contributed by atoms with E-state index in [0.29, 0.717) is 6.04 Å². The summed E-state index contributed by atoms with van der Waals surface area (Å²) >= 11 is 0. The number of hydrogen-bond donors (Lipinski definition) is 1. The molecule has 0 bridgehead atoms. The lowest BCUT2D eigenvalue weighted by Crippen LogP contribution is -2.21. The van der Waals surface area contributed by atoms with Crippen LogP contribution >= 0.6 is 0 Å². The van der Waals surface area contributed by atoms with Gasteiger partial charge in [0.1, 0.15) is 0 Å². The van der Waals surface area contributed by atoms with E-state index in [1.165, 1.54) is 16.7 Å². The van der Waals surface area contributed by atoms with Gasteiger partial charge in [-0.1, -0.05) is 30.3 Å². The second kappa shape index (κ2) is 9.70. The quantitative estimate of drug-likeness (QED) is 0.586. The molecule has 0 fully saturated rings. The molecule has 3 heteroatoms. The van der Waals surface area contributed by atoms with Crippen molar-refractivity contribution in [2.24, 2.45) is 0 Å². The molecule has 3 rings (SSSR count). The Kier molecular flexibility index (Phi) is 6.71. The fraction of sp³-hybridized carbons (Fsp3) is 0.227. The molecule has 3 aromatic rings. The molecule has 0 aliphatic carbocycles. The van der Waals surface area contributed by atoms with Crippen molar-refractivity contribution < 1.29 is 0 Å². The monoisotopic (exact) mass is 330 g/mol. The van der Waals surface area contributed by atoms with Crippen LogP contribution in [0.5, 0.6) is 0 Å². The van der Waals surface area contributed by atoms with Crippen molar-refractivity contribution in [2.45, 2.75) is 31.8 Å². The van der Waals surface area contributed by atoms with Crippen LogP contribution in [0.1, 0.15) is 35.6 Å². The Balaban J connectivity index is 1.53. The van der Waals surface area contributed by atoms with Gasteiger partial charge >= 0.3 is 0 Å². The van der Waals surface area contributed by atoms with E-state index in [-0.39, 0.29) is 0 Å². The van der Waals surface area contributed by atoms with Crippen LogP contribution in [-0.2, 0) is 13.0 Å². The molecule has 127 valence electrons. The smallest absolute Gasteiger partial charge is 0.0327 e. The molecule has 0 spiro atoms.